The number of halogens is 3. The lowest BCUT2D eigenvalue weighted by molar-refractivity contribution is -0.135. The van der Waals surface area contributed by atoms with Gasteiger partial charge in [-0.1, -0.05) is 0 Å². The molecule has 2 N–H and O–H groups in total. The van der Waals surface area contributed by atoms with E-state index in [1.807, 2.05) is 0 Å². The van der Waals surface area contributed by atoms with Crippen LogP contribution < -0.4 is 5.73 Å². The van der Waals surface area contributed by atoms with Crippen molar-refractivity contribution in [1.29, 1.82) is 0 Å². The molecule has 2 rings (SSSR count). The summed E-state index contributed by atoms with van der Waals surface area (Å²) in [4.78, 5) is 0. The second kappa shape index (κ2) is 5.89. The molecular weight excluding hydrogens is 271 g/mol. The van der Waals surface area contributed by atoms with Crippen molar-refractivity contribution < 1.29 is 13.2 Å². The monoisotopic (exact) mass is 285 g/mol. The topological polar surface area (TPSA) is 69.6 Å². The van der Waals surface area contributed by atoms with Gasteiger partial charge < -0.3 is 5.73 Å². The van der Waals surface area contributed by atoms with Crippen LogP contribution in [0.25, 0.3) is 11.4 Å². The van der Waals surface area contributed by atoms with Gasteiger partial charge in [0.1, 0.15) is 0 Å². The van der Waals surface area contributed by atoms with Gasteiger partial charge in [-0.2, -0.15) is 13.2 Å². The summed E-state index contributed by atoms with van der Waals surface area (Å²) in [6, 6.07) is 6.98. The fourth-order valence-corrected chi connectivity index (χ4v) is 1.78. The largest absolute Gasteiger partial charge is 0.399 e. The molecule has 0 saturated heterocycles. The maximum Gasteiger partial charge on any atom is 0.389 e. The van der Waals surface area contributed by atoms with Gasteiger partial charge in [0.2, 0.25) is 0 Å². The molecule has 0 spiro atoms. The summed E-state index contributed by atoms with van der Waals surface area (Å²) in [5, 5.41) is 11.2. The van der Waals surface area contributed by atoms with Crippen LogP contribution in [0.1, 0.15) is 19.3 Å². The third kappa shape index (κ3) is 3.94. The van der Waals surface area contributed by atoms with E-state index in [1.54, 1.807) is 24.3 Å². The standard InChI is InChI=1S/C12H14F3N5/c13-12(14,15)7-1-2-8-20-11(17-18-19-20)9-3-5-10(16)6-4-9/h3-6H,1-2,7-8,16H2. The molecule has 0 aliphatic carbocycles. The highest BCUT2D eigenvalue weighted by molar-refractivity contribution is 5.58. The van der Waals surface area contributed by atoms with E-state index in [-0.39, 0.29) is 6.42 Å². The first-order chi connectivity index (χ1) is 9.46. The van der Waals surface area contributed by atoms with Gasteiger partial charge in [0.25, 0.3) is 0 Å². The zero-order valence-electron chi connectivity index (χ0n) is 10.6. The van der Waals surface area contributed by atoms with Crippen LogP contribution in [0.15, 0.2) is 24.3 Å². The summed E-state index contributed by atoms with van der Waals surface area (Å²) in [5.41, 5.74) is 6.99. The number of unbranched alkanes of at least 4 members (excludes halogenated alkanes) is 1. The minimum atomic E-state index is -4.11. The number of nitrogens with two attached hydrogens (primary N) is 1. The first kappa shape index (κ1) is 14.3. The highest BCUT2D eigenvalue weighted by atomic mass is 19.4. The Labute approximate surface area is 113 Å². The Kier molecular flexibility index (Phi) is 4.21. The molecule has 108 valence electrons. The van der Waals surface area contributed by atoms with Crippen molar-refractivity contribution in [2.75, 3.05) is 5.73 Å². The molecule has 20 heavy (non-hydrogen) atoms. The minimum absolute atomic E-state index is 0.0601. The molecule has 5 nitrogen and oxygen atoms in total. The lowest BCUT2D eigenvalue weighted by Crippen LogP contribution is -2.08. The average Bonchev–Trinajstić information content (AvgIpc) is 2.83. The van der Waals surface area contributed by atoms with E-state index in [4.69, 9.17) is 5.73 Å². The number of anilines is 1. The van der Waals surface area contributed by atoms with Crippen molar-refractivity contribution in [2.24, 2.45) is 0 Å². The third-order valence-electron chi connectivity index (χ3n) is 2.78. The number of alkyl halides is 3. The Morgan fingerprint density at radius 1 is 1.10 bits per heavy atom. The van der Waals surface area contributed by atoms with E-state index in [2.05, 4.69) is 15.5 Å². The SMILES string of the molecule is Nc1ccc(-c2nnnn2CCCCC(F)(F)F)cc1. The van der Waals surface area contributed by atoms with E-state index < -0.39 is 12.6 Å². The molecule has 0 fully saturated rings. The Balaban J connectivity index is 1.97. The zero-order chi connectivity index (χ0) is 14.6. The van der Waals surface area contributed by atoms with Gasteiger partial charge >= 0.3 is 6.18 Å². The summed E-state index contributed by atoms with van der Waals surface area (Å²) in [6.07, 6.45) is -4.47. The number of rotatable bonds is 5. The van der Waals surface area contributed by atoms with Crippen LogP contribution in [0.3, 0.4) is 0 Å². The lowest BCUT2D eigenvalue weighted by atomic mass is 10.2. The van der Waals surface area contributed by atoms with Gasteiger partial charge in [0, 0.05) is 24.2 Å². The van der Waals surface area contributed by atoms with Crippen LogP contribution in [0, 0.1) is 0 Å². The first-order valence-electron chi connectivity index (χ1n) is 6.14. The van der Waals surface area contributed by atoms with Gasteiger partial charge in [-0.15, -0.1) is 5.10 Å². The number of aromatic nitrogens is 4. The molecule has 1 heterocycles. The molecule has 0 amide bonds. The zero-order valence-corrected chi connectivity index (χ0v) is 10.6. The van der Waals surface area contributed by atoms with E-state index in [9.17, 15) is 13.2 Å². The molecule has 0 radical (unpaired) electrons. The van der Waals surface area contributed by atoms with Crippen LogP contribution in [-0.2, 0) is 6.54 Å². The van der Waals surface area contributed by atoms with Crippen LogP contribution in [0.5, 0.6) is 0 Å². The fourth-order valence-electron chi connectivity index (χ4n) is 1.78. The highest BCUT2D eigenvalue weighted by Gasteiger charge is 2.25. The quantitative estimate of drug-likeness (QED) is 0.677. The number of hydrogen-bond acceptors (Lipinski definition) is 4. The van der Waals surface area contributed by atoms with Gasteiger partial charge in [0.05, 0.1) is 0 Å². The maximum atomic E-state index is 12.0. The predicted molar refractivity (Wildman–Crippen MR) is 67.6 cm³/mol. The van der Waals surface area contributed by atoms with Crippen LogP contribution >= 0.6 is 0 Å². The Bertz CT molecular complexity index is 547. The van der Waals surface area contributed by atoms with E-state index in [0.717, 1.165) is 5.56 Å². The van der Waals surface area contributed by atoms with E-state index in [0.29, 0.717) is 24.5 Å². The summed E-state index contributed by atoms with van der Waals surface area (Å²) in [5.74, 6) is 0.525. The number of hydrogen-bond donors (Lipinski definition) is 1. The van der Waals surface area contributed by atoms with Crippen LogP contribution in [0.4, 0.5) is 18.9 Å². The highest BCUT2D eigenvalue weighted by Crippen LogP contribution is 2.23. The summed E-state index contributed by atoms with van der Waals surface area (Å²) in [7, 11) is 0. The second-order valence-corrected chi connectivity index (χ2v) is 4.42. The van der Waals surface area contributed by atoms with Gasteiger partial charge in [-0.05, 0) is 47.5 Å². The third-order valence-corrected chi connectivity index (χ3v) is 2.78. The average molecular weight is 285 g/mol. The lowest BCUT2D eigenvalue weighted by Gasteiger charge is -2.07. The van der Waals surface area contributed by atoms with Crippen molar-refractivity contribution in [3.8, 4) is 11.4 Å². The van der Waals surface area contributed by atoms with Gasteiger partial charge in [-0.3, -0.25) is 0 Å². The van der Waals surface area contributed by atoms with Crippen LogP contribution in [-0.4, -0.2) is 26.4 Å². The molecule has 1 aromatic heterocycles. The summed E-state index contributed by atoms with van der Waals surface area (Å²) < 4.78 is 37.6. The Hall–Kier alpha value is -2.12. The van der Waals surface area contributed by atoms with Gasteiger partial charge in [-0.25, -0.2) is 4.68 Å². The molecule has 0 aliphatic rings. The Morgan fingerprint density at radius 2 is 1.80 bits per heavy atom. The molecule has 0 aliphatic heterocycles. The fraction of sp³-hybridized carbons (Fsp3) is 0.417. The smallest absolute Gasteiger partial charge is 0.389 e. The number of tetrazole rings is 1. The molecule has 0 atom stereocenters. The molecule has 8 heteroatoms. The number of nitrogens with zero attached hydrogens (tertiary/aromatic N) is 4. The molecule has 2 aromatic rings. The molecule has 1 aromatic carbocycles. The van der Waals surface area contributed by atoms with Crippen molar-refractivity contribution >= 4 is 5.69 Å². The number of benzene rings is 1. The Morgan fingerprint density at radius 3 is 2.45 bits per heavy atom. The van der Waals surface area contributed by atoms with Crippen molar-refractivity contribution in [2.45, 2.75) is 32.0 Å². The number of nitrogen functional groups attached to an aromatic ring is 1. The predicted octanol–water partition coefficient (Wildman–Crippen LogP) is 2.65. The molecular formula is C12H14F3N5. The summed E-state index contributed by atoms with van der Waals surface area (Å²) in [6.45, 7) is 0.350. The van der Waals surface area contributed by atoms with E-state index >= 15 is 0 Å². The van der Waals surface area contributed by atoms with Crippen molar-refractivity contribution in [3.05, 3.63) is 24.3 Å². The molecule has 0 saturated carbocycles. The van der Waals surface area contributed by atoms with Crippen molar-refractivity contribution in [1.82, 2.24) is 20.2 Å². The maximum absolute atomic E-state index is 12.0. The second-order valence-electron chi connectivity index (χ2n) is 4.42. The van der Waals surface area contributed by atoms with E-state index in [1.165, 1.54) is 4.68 Å². The molecule has 0 bridgehead atoms. The normalized spacial score (nSPS) is 11.8. The minimum Gasteiger partial charge on any atom is -0.399 e. The number of aryl methyl sites for hydroxylation is 1. The first-order valence-corrected chi connectivity index (χ1v) is 6.14. The molecule has 0 unspecified atom stereocenters. The van der Waals surface area contributed by atoms with Crippen molar-refractivity contribution in [3.63, 3.8) is 0 Å². The van der Waals surface area contributed by atoms with Crippen LogP contribution in [0.2, 0.25) is 0 Å². The summed E-state index contributed by atoms with van der Waals surface area (Å²) >= 11 is 0. The van der Waals surface area contributed by atoms with Gasteiger partial charge in [0.15, 0.2) is 5.82 Å².